The molecule has 0 fully saturated rings. The van der Waals surface area contributed by atoms with E-state index in [0.29, 0.717) is 6.61 Å². The van der Waals surface area contributed by atoms with Crippen molar-refractivity contribution in [1.82, 2.24) is 0 Å². The smallest absolute Gasteiger partial charge is 0.105 e. The molecule has 0 bridgehead atoms. The van der Waals surface area contributed by atoms with Crippen LogP contribution in [0, 0.1) is 5.41 Å². The Labute approximate surface area is 58.7 Å². The van der Waals surface area contributed by atoms with Crippen LogP contribution in [0.5, 0.6) is 0 Å². The first-order valence-electron chi connectivity index (χ1n) is 3.51. The molecular weight excluding hydrogens is 111 g/mol. The Morgan fingerprint density at radius 1 is 1.44 bits per heavy atom. The van der Waals surface area contributed by atoms with Crippen molar-refractivity contribution in [2.45, 2.75) is 33.4 Å². The number of aliphatic hydroxyl groups is 1. The van der Waals surface area contributed by atoms with E-state index in [2.05, 4.69) is 21.1 Å². The van der Waals surface area contributed by atoms with Gasteiger partial charge in [0.05, 0.1) is 0 Å². The summed E-state index contributed by atoms with van der Waals surface area (Å²) in [4.78, 5) is 0. The van der Waals surface area contributed by atoms with Crippen molar-refractivity contribution in [3.05, 3.63) is 0 Å². The number of hydrogen-bond acceptors (Lipinski definition) is 1. The van der Waals surface area contributed by atoms with Gasteiger partial charge in [0.15, 0.2) is 0 Å². The first-order valence-corrected chi connectivity index (χ1v) is 3.51. The molecule has 1 radical (unpaired) electrons. The lowest BCUT2D eigenvalue weighted by Gasteiger charge is -2.20. The predicted octanol–water partition coefficient (Wildman–Crippen LogP) is 1.57. The Morgan fingerprint density at radius 3 is 2.33 bits per heavy atom. The molecule has 0 spiro atoms. The van der Waals surface area contributed by atoms with Crippen LogP contribution in [-0.2, 0) is 0 Å². The van der Waals surface area contributed by atoms with E-state index in [0.717, 1.165) is 12.7 Å². The predicted molar refractivity (Wildman–Crippen MR) is 41.9 cm³/mol. The maximum Gasteiger partial charge on any atom is 0.105 e. The molecule has 0 aromatic heterocycles. The van der Waals surface area contributed by atoms with Crippen LogP contribution < -0.4 is 0 Å². The highest BCUT2D eigenvalue weighted by Crippen LogP contribution is 2.20. The second kappa shape index (κ2) is 3.94. The van der Waals surface area contributed by atoms with E-state index in [1.807, 2.05) is 6.82 Å². The molecule has 0 aliphatic rings. The molecule has 0 rings (SSSR count). The third kappa shape index (κ3) is 4.52. The zero-order valence-corrected chi connectivity index (χ0v) is 6.65. The van der Waals surface area contributed by atoms with Crippen LogP contribution in [0.3, 0.4) is 0 Å². The average molecular weight is 127 g/mol. The largest absolute Gasteiger partial charge is 0.396 e. The molecule has 2 heteroatoms. The fraction of sp³-hybridized carbons (Fsp3) is 1.00. The van der Waals surface area contributed by atoms with E-state index in [1.165, 1.54) is 0 Å². The molecule has 0 aromatic rings. The maximum atomic E-state index is 8.81. The van der Waals surface area contributed by atoms with Crippen molar-refractivity contribution < 1.29 is 5.11 Å². The summed E-state index contributed by atoms with van der Waals surface area (Å²) in [5, 5.41) is 8.81. The SMILES string of the molecule is C[B]CCC(C)(C)CO. The Balaban J connectivity index is 3.33. The first kappa shape index (κ1) is 9.02. The van der Waals surface area contributed by atoms with Gasteiger partial charge in [0, 0.05) is 6.61 Å². The molecule has 9 heavy (non-hydrogen) atoms. The van der Waals surface area contributed by atoms with Gasteiger partial charge in [0.2, 0.25) is 0 Å². The maximum absolute atomic E-state index is 8.81. The summed E-state index contributed by atoms with van der Waals surface area (Å²) in [5.74, 6) is 0. The van der Waals surface area contributed by atoms with E-state index in [1.54, 1.807) is 0 Å². The molecule has 1 N–H and O–H groups in total. The van der Waals surface area contributed by atoms with Gasteiger partial charge in [-0.3, -0.25) is 0 Å². The second-order valence-electron chi connectivity index (χ2n) is 3.27. The summed E-state index contributed by atoms with van der Waals surface area (Å²) in [6.45, 7) is 6.50. The minimum Gasteiger partial charge on any atom is -0.396 e. The molecule has 0 amide bonds. The number of rotatable bonds is 4. The lowest BCUT2D eigenvalue weighted by atomic mass is 9.71. The van der Waals surface area contributed by atoms with Crippen LogP contribution in [0.2, 0.25) is 13.1 Å². The van der Waals surface area contributed by atoms with Gasteiger partial charge in [0.1, 0.15) is 7.28 Å². The van der Waals surface area contributed by atoms with Crippen LogP contribution in [-0.4, -0.2) is 19.0 Å². The highest BCUT2D eigenvalue weighted by Gasteiger charge is 2.14. The molecule has 0 saturated heterocycles. The summed E-state index contributed by atoms with van der Waals surface area (Å²) in [6, 6.07) is 0. The fourth-order valence-corrected chi connectivity index (χ4v) is 0.614. The standard InChI is InChI=1S/C7H16BO/c1-7(2,6-9)4-5-8-3/h9H,4-6H2,1-3H3. The van der Waals surface area contributed by atoms with Crippen molar-refractivity contribution >= 4 is 7.28 Å². The van der Waals surface area contributed by atoms with Crippen molar-refractivity contribution in [2.24, 2.45) is 5.41 Å². The van der Waals surface area contributed by atoms with Gasteiger partial charge in [0.25, 0.3) is 0 Å². The van der Waals surface area contributed by atoms with Crippen LogP contribution in [0.15, 0.2) is 0 Å². The van der Waals surface area contributed by atoms with E-state index < -0.39 is 0 Å². The second-order valence-corrected chi connectivity index (χ2v) is 3.27. The molecule has 1 nitrogen and oxygen atoms in total. The Morgan fingerprint density at radius 2 is 2.00 bits per heavy atom. The third-order valence-electron chi connectivity index (χ3n) is 1.54. The Kier molecular flexibility index (Phi) is 3.95. The molecule has 0 heterocycles. The van der Waals surface area contributed by atoms with E-state index in [-0.39, 0.29) is 5.41 Å². The summed E-state index contributed by atoms with van der Waals surface area (Å²) in [5.41, 5.74) is 0.118. The molecule has 0 aliphatic carbocycles. The minimum absolute atomic E-state index is 0.118. The van der Waals surface area contributed by atoms with Gasteiger partial charge >= 0.3 is 0 Å². The highest BCUT2D eigenvalue weighted by atomic mass is 16.3. The summed E-state index contributed by atoms with van der Waals surface area (Å²) >= 11 is 0. The molecule has 0 unspecified atom stereocenters. The van der Waals surface area contributed by atoms with Gasteiger partial charge in [-0.1, -0.05) is 33.4 Å². The van der Waals surface area contributed by atoms with Crippen LogP contribution in [0.1, 0.15) is 20.3 Å². The molecule has 0 atom stereocenters. The molecule has 0 saturated carbocycles. The monoisotopic (exact) mass is 127 g/mol. The summed E-state index contributed by atoms with van der Waals surface area (Å²) in [7, 11) is 2.14. The fourth-order valence-electron chi connectivity index (χ4n) is 0.614. The van der Waals surface area contributed by atoms with E-state index in [4.69, 9.17) is 5.11 Å². The quantitative estimate of drug-likeness (QED) is 0.568. The normalized spacial score (nSPS) is 11.6. The zero-order valence-electron chi connectivity index (χ0n) is 6.65. The van der Waals surface area contributed by atoms with Crippen LogP contribution >= 0.6 is 0 Å². The van der Waals surface area contributed by atoms with Gasteiger partial charge in [-0.25, -0.2) is 0 Å². The summed E-state index contributed by atoms with van der Waals surface area (Å²) < 4.78 is 0. The van der Waals surface area contributed by atoms with Crippen molar-refractivity contribution in [2.75, 3.05) is 6.61 Å². The summed E-state index contributed by atoms with van der Waals surface area (Å²) in [6.07, 6.45) is 2.19. The lowest BCUT2D eigenvalue weighted by molar-refractivity contribution is 0.155. The van der Waals surface area contributed by atoms with Gasteiger partial charge < -0.3 is 5.11 Å². The highest BCUT2D eigenvalue weighted by molar-refractivity contribution is 6.33. The molecule has 0 aliphatic heterocycles. The first-order chi connectivity index (χ1) is 4.12. The molecular formula is C7H16BO. The third-order valence-corrected chi connectivity index (χ3v) is 1.54. The van der Waals surface area contributed by atoms with Crippen LogP contribution in [0.25, 0.3) is 0 Å². The zero-order chi connectivity index (χ0) is 7.33. The van der Waals surface area contributed by atoms with E-state index >= 15 is 0 Å². The van der Waals surface area contributed by atoms with Crippen molar-refractivity contribution in [3.63, 3.8) is 0 Å². The van der Waals surface area contributed by atoms with Gasteiger partial charge in [-0.05, 0) is 5.41 Å². The lowest BCUT2D eigenvalue weighted by Crippen LogP contribution is -2.16. The van der Waals surface area contributed by atoms with Crippen molar-refractivity contribution in [1.29, 1.82) is 0 Å². The van der Waals surface area contributed by atoms with Crippen LogP contribution in [0.4, 0.5) is 0 Å². The molecule has 0 aromatic carbocycles. The van der Waals surface area contributed by atoms with Crippen molar-refractivity contribution in [3.8, 4) is 0 Å². The van der Waals surface area contributed by atoms with Gasteiger partial charge in [-0.2, -0.15) is 0 Å². The molecule has 53 valence electrons. The topological polar surface area (TPSA) is 20.2 Å². The average Bonchev–Trinajstić information content (AvgIpc) is 1.84. The van der Waals surface area contributed by atoms with Gasteiger partial charge in [-0.15, -0.1) is 0 Å². The van der Waals surface area contributed by atoms with E-state index in [9.17, 15) is 0 Å². The Hall–Kier alpha value is 0.0249. The Bertz CT molecular complexity index is 71.3. The minimum atomic E-state index is 0.118. The number of hydrogen-bond donors (Lipinski definition) is 1. The number of aliphatic hydroxyl groups excluding tert-OH is 1.